The zero-order chi connectivity index (χ0) is 14.0. The summed E-state index contributed by atoms with van der Waals surface area (Å²) in [6, 6.07) is 8.01. The summed E-state index contributed by atoms with van der Waals surface area (Å²) in [4.78, 5) is 4.19. The van der Waals surface area contributed by atoms with Gasteiger partial charge in [0.2, 0.25) is 5.88 Å². The van der Waals surface area contributed by atoms with Gasteiger partial charge in [0.1, 0.15) is 5.75 Å². The van der Waals surface area contributed by atoms with Crippen LogP contribution in [0.5, 0.6) is 11.6 Å². The van der Waals surface area contributed by atoms with E-state index < -0.39 is 0 Å². The zero-order valence-corrected chi connectivity index (χ0v) is 13.4. The van der Waals surface area contributed by atoms with Gasteiger partial charge in [-0.05, 0) is 52.0 Å². The molecule has 0 aliphatic rings. The second kappa shape index (κ2) is 5.93. The fourth-order valence-electron chi connectivity index (χ4n) is 1.67. The van der Waals surface area contributed by atoms with E-state index in [1.165, 1.54) is 5.56 Å². The Hall–Kier alpha value is -1.06. The van der Waals surface area contributed by atoms with Crippen LogP contribution in [0.1, 0.15) is 30.9 Å². The number of rotatable bonds is 3. The molecule has 0 N–H and O–H groups in total. The molecule has 100 valence electrons. The average Bonchev–Trinajstić information content (AvgIpc) is 2.34. The van der Waals surface area contributed by atoms with Crippen LogP contribution in [0, 0.1) is 6.92 Å². The van der Waals surface area contributed by atoms with Crippen molar-refractivity contribution >= 4 is 27.5 Å². The molecule has 0 amide bonds. The van der Waals surface area contributed by atoms with Gasteiger partial charge in [-0.15, -0.1) is 0 Å². The minimum atomic E-state index is 0.463. The predicted molar refractivity (Wildman–Crippen MR) is 82.3 cm³/mol. The molecule has 1 heterocycles. The predicted octanol–water partition coefficient (Wildman–Crippen LogP) is 5.72. The first-order valence-electron chi connectivity index (χ1n) is 6.07. The second-order valence-corrected chi connectivity index (χ2v) is 6.01. The van der Waals surface area contributed by atoms with E-state index in [1.54, 1.807) is 12.3 Å². The molecule has 0 unspecified atom stereocenters. The van der Waals surface area contributed by atoms with Gasteiger partial charge in [-0.25, -0.2) is 4.98 Å². The molecule has 1 aromatic heterocycles. The van der Waals surface area contributed by atoms with Crippen LogP contribution < -0.4 is 4.74 Å². The highest BCUT2D eigenvalue weighted by molar-refractivity contribution is 9.10. The Morgan fingerprint density at radius 3 is 2.63 bits per heavy atom. The molecular weight excluding hydrogens is 326 g/mol. The second-order valence-electron chi connectivity index (χ2n) is 4.72. The highest BCUT2D eigenvalue weighted by atomic mass is 79.9. The standard InChI is InChI=1S/C15H15BrClNO/c1-9(2)11-5-4-10(3)14(6-11)19-15-13(16)7-12(17)8-18-15/h4-9H,1-3H3. The summed E-state index contributed by atoms with van der Waals surface area (Å²) >= 11 is 9.27. The van der Waals surface area contributed by atoms with Crippen molar-refractivity contribution in [3.05, 3.63) is 51.1 Å². The molecule has 2 nitrogen and oxygen atoms in total. The minimum absolute atomic E-state index is 0.463. The van der Waals surface area contributed by atoms with Crippen molar-refractivity contribution in [3.63, 3.8) is 0 Å². The van der Waals surface area contributed by atoms with Crippen molar-refractivity contribution in [1.82, 2.24) is 4.98 Å². The molecular formula is C15H15BrClNO. The van der Waals surface area contributed by atoms with E-state index in [0.717, 1.165) is 15.8 Å². The van der Waals surface area contributed by atoms with Gasteiger partial charge in [0.05, 0.1) is 9.50 Å². The molecule has 4 heteroatoms. The first-order valence-corrected chi connectivity index (χ1v) is 7.24. The Labute approximate surface area is 126 Å². The third kappa shape index (κ3) is 3.48. The van der Waals surface area contributed by atoms with Crippen molar-refractivity contribution in [1.29, 1.82) is 0 Å². The highest BCUT2D eigenvalue weighted by Crippen LogP contribution is 2.32. The van der Waals surface area contributed by atoms with Crippen LogP contribution in [0.3, 0.4) is 0 Å². The molecule has 0 bridgehead atoms. The van der Waals surface area contributed by atoms with E-state index >= 15 is 0 Å². The summed E-state index contributed by atoms with van der Waals surface area (Å²) in [7, 11) is 0. The SMILES string of the molecule is Cc1ccc(C(C)C)cc1Oc1ncc(Cl)cc1Br. The van der Waals surface area contributed by atoms with E-state index in [4.69, 9.17) is 16.3 Å². The quantitative estimate of drug-likeness (QED) is 0.712. The number of ether oxygens (including phenoxy) is 1. The highest BCUT2D eigenvalue weighted by Gasteiger charge is 2.09. The molecule has 0 radical (unpaired) electrons. The van der Waals surface area contributed by atoms with Gasteiger partial charge >= 0.3 is 0 Å². The molecule has 2 rings (SSSR count). The van der Waals surface area contributed by atoms with E-state index in [2.05, 4.69) is 53.0 Å². The molecule has 0 aliphatic carbocycles. The molecule has 1 aromatic carbocycles. The van der Waals surface area contributed by atoms with Crippen molar-refractivity contribution < 1.29 is 4.74 Å². The molecule has 0 saturated heterocycles. The molecule has 0 spiro atoms. The lowest BCUT2D eigenvalue weighted by molar-refractivity contribution is 0.455. The number of halogens is 2. The van der Waals surface area contributed by atoms with E-state index in [-0.39, 0.29) is 0 Å². The first-order chi connectivity index (χ1) is 8.97. The molecule has 0 atom stereocenters. The molecule has 19 heavy (non-hydrogen) atoms. The summed E-state index contributed by atoms with van der Waals surface area (Å²) in [6.45, 7) is 6.33. The van der Waals surface area contributed by atoms with Gasteiger partial charge in [0, 0.05) is 6.20 Å². The fourth-order valence-corrected chi connectivity index (χ4v) is 2.39. The number of aryl methyl sites for hydroxylation is 1. The molecule has 0 fully saturated rings. The largest absolute Gasteiger partial charge is 0.438 e. The Morgan fingerprint density at radius 1 is 1.26 bits per heavy atom. The first kappa shape index (κ1) is 14.4. The Bertz CT molecular complexity index is 599. The van der Waals surface area contributed by atoms with Crippen molar-refractivity contribution in [2.45, 2.75) is 26.7 Å². The molecule has 0 aliphatic heterocycles. The van der Waals surface area contributed by atoms with Gasteiger partial charge in [0.25, 0.3) is 0 Å². The van der Waals surface area contributed by atoms with E-state index in [9.17, 15) is 0 Å². The minimum Gasteiger partial charge on any atom is -0.438 e. The third-order valence-corrected chi connectivity index (χ3v) is 3.63. The van der Waals surface area contributed by atoms with E-state index in [1.807, 2.05) is 6.92 Å². The maximum Gasteiger partial charge on any atom is 0.233 e. The number of nitrogens with zero attached hydrogens (tertiary/aromatic N) is 1. The topological polar surface area (TPSA) is 22.1 Å². The Morgan fingerprint density at radius 2 is 2.00 bits per heavy atom. The van der Waals surface area contributed by atoms with Crippen molar-refractivity contribution in [2.75, 3.05) is 0 Å². The molecule has 2 aromatic rings. The number of aromatic nitrogens is 1. The monoisotopic (exact) mass is 339 g/mol. The van der Waals surface area contributed by atoms with Crippen LogP contribution in [0.2, 0.25) is 5.02 Å². The Kier molecular flexibility index (Phi) is 4.48. The van der Waals surface area contributed by atoms with Crippen LogP contribution in [0.4, 0.5) is 0 Å². The summed E-state index contributed by atoms with van der Waals surface area (Å²) in [5, 5.41) is 0.576. The number of hydrogen-bond donors (Lipinski definition) is 0. The van der Waals surface area contributed by atoms with Gasteiger partial charge in [-0.1, -0.05) is 37.6 Å². The maximum absolute atomic E-state index is 5.87. The number of benzene rings is 1. The lowest BCUT2D eigenvalue weighted by Gasteiger charge is -2.12. The Balaban J connectivity index is 2.34. The normalized spacial score (nSPS) is 10.8. The van der Waals surface area contributed by atoms with Crippen molar-refractivity contribution in [3.8, 4) is 11.6 Å². The van der Waals surface area contributed by atoms with Crippen LogP contribution in [0.15, 0.2) is 34.9 Å². The smallest absolute Gasteiger partial charge is 0.233 e. The van der Waals surface area contributed by atoms with Crippen LogP contribution >= 0.6 is 27.5 Å². The summed E-state index contributed by atoms with van der Waals surface area (Å²) < 4.78 is 6.61. The summed E-state index contributed by atoms with van der Waals surface area (Å²) in [5.41, 5.74) is 2.32. The molecule has 0 saturated carbocycles. The maximum atomic E-state index is 5.87. The van der Waals surface area contributed by atoms with Gasteiger partial charge in [-0.2, -0.15) is 0 Å². The number of pyridine rings is 1. The fraction of sp³-hybridized carbons (Fsp3) is 0.267. The number of hydrogen-bond acceptors (Lipinski definition) is 2. The van der Waals surface area contributed by atoms with Crippen molar-refractivity contribution in [2.24, 2.45) is 0 Å². The van der Waals surface area contributed by atoms with Gasteiger partial charge in [-0.3, -0.25) is 0 Å². The van der Waals surface area contributed by atoms with E-state index in [0.29, 0.717) is 16.8 Å². The lowest BCUT2D eigenvalue weighted by atomic mass is 10.0. The van der Waals surface area contributed by atoms with Crippen LogP contribution in [-0.2, 0) is 0 Å². The van der Waals surface area contributed by atoms with Gasteiger partial charge < -0.3 is 4.74 Å². The average molecular weight is 341 g/mol. The zero-order valence-electron chi connectivity index (χ0n) is 11.1. The summed E-state index contributed by atoms with van der Waals surface area (Å²) in [5.74, 6) is 1.81. The van der Waals surface area contributed by atoms with Crippen LogP contribution in [-0.4, -0.2) is 4.98 Å². The lowest BCUT2D eigenvalue weighted by Crippen LogP contribution is -1.94. The third-order valence-electron chi connectivity index (χ3n) is 2.86. The van der Waals surface area contributed by atoms with Gasteiger partial charge in [0.15, 0.2) is 0 Å². The van der Waals surface area contributed by atoms with Crippen LogP contribution in [0.25, 0.3) is 0 Å². The summed E-state index contributed by atoms with van der Waals surface area (Å²) in [6.07, 6.45) is 1.57.